The van der Waals surface area contributed by atoms with Gasteiger partial charge in [0, 0.05) is 28.7 Å². The van der Waals surface area contributed by atoms with Crippen LogP contribution in [0.15, 0.2) is 65.1 Å². The third-order valence-corrected chi connectivity index (χ3v) is 6.55. The summed E-state index contributed by atoms with van der Waals surface area (Å²) < 4.78 is 16.9. The molecule has 0 unspecified atom stereocenters. The first-order valence-electron chi connectivity index (χ1n) is 11.7. The van der Waals surface area contributed by atoms with Gasteiger partial charge >= 0.3 is 5.97 Å². The molecule has 194 valence electrons. The van der Waals surface area contributed by atoms with E-state index in [-0.39, 0.29) is 25.4 Å². The molecule has 2 amide bonds. The molecule has 3 aromatic rings. The van der Waals surface area contributed by atoms with E-state index in [1.165, 1.54) is 0 Å². The number of benzene rings is 3. The highest BCUT2D eigenvalue weighted by molar-refractivity contribution is 9.10. The lowest BCUT2D eigenvalue weighted by molar-refractivity contribution is -0.147. The second-order valence-corrected chi connectivity index (χ2v) is 9.13. The predicted octanol–water partition coefficient (Wildman–Crippen LogP) is 6.16. The van der Waals surface area contributed by atoms with Gasteiger partial charge in [-0.15, -0.1) is 0 Å². The number of carbonyl (C=O) groups is 3. The van der Waals surface area contributed by atoms with Gasteiger partial charge in [0.05, 0.1) is 7.11 Å². The second-order valence-electron chi connectivity index (χ2n) is 8.34. The van der Waals surface area contributed by atoms with Crippen molar-refractivity contribution in [3.8, 4) is 17.2 Å². The molecule has 0 spiro atoms. The molecule has 0 aliphatic heterocycles. The average molecular weight is 569 g/mol. The van der Waals surface area contributed by atoms with Crippen LogP contribution in [0, 0.1) is 13.8 Å². The summed E-state index contributed by atoms with van der Waals surface area (Å²) in [5, 5.41) is 5.50. The quantitative estimate of drug-likeness (QED) is 0.268. The Balaban J connectivity index is 1.34. The fourth-order valence-corrected chi connectivity index (χ4v) is 3.67. The number of rotatable bonds is 11. The molecule has 3 aromatic carbocycles. The molecule has 0 heterocycles. The number of hydrogen-bond donors (Lipinski definition) is 2. The zero-order valence-corrected chi connectivity index (χ0v) is 22.5. The van der Waals surface area contributed by atoms with Gasteiger partial charge in [-0.2, -0.15) is 0 Å². The van der Waals surface area contributed by atoms with Gasteiger partial charge in [-0.25, -0.2) is 0 Å². The first-order chi connectivity index (χ1) is 17.7. The van der Waals surface area contributed by atoms with Gasteiger partial charge in [0.25, 0.3) is 5.91 Å². The molecule has 3 rings (SSSR count). The van der Waals surface area contributed by atoms with E-state index in [4.69, 9.17) is 14.2 Å². The number of amides is 2. The summed E-state index contributed by atoms with van der Waals surface area (Å²) in [5.41, 5.74) is 3.23. The normalized spacial score (nSPS) is 10.4. The number of aryl methyl sites for hydroxylation is 2. The highest BCUT2D eigenvalue weighted by atomic mass is 79.9. The first-order valence-corrected chi connectivity index (χ1v) is 12.5. The SMILES string of the molecule is COc1ccc(Oc2ccc(NC(=O)CCCC(=O)OCC(=O)Nc3cc(C)c(Br)c(C)c3)cc2)cc1. The van der Waals surface area contributed by atoms with Crippen LogP contribution < -0.4 is 20.1 Å². The molecular weight excluding hydrogens is 540 g/mol. The smallest absolute Gasteiger partial charge is 0.306 e. The maximum atomic E-state index is 12.2. The molecule has 8 nitrogen and oxygen atoms in total. The lowest BCUT2D eigenvalue weighted by atomic mass is 10.1. The number of carbonyl (C=O) groups excluding carboxylic acids is 3. The Bertz CT molecular complexity index is 1220. The van der Waals surface area contributed by atoms with Crippen molar-refractivity contribution in [2.24, 2.45) is 0 Å². The highest BCUT2D eigenvalue weighted by Crippen LogP contribution is 2.26. The van der Waals surface area contributed by atoms with E-state index in [0.29, 0.717) is 29.3 Å². The van der Waals surface area contributed by atoms with E-state index in [9.17, 15) is 14.4 Å². The molecule has 0 saturated heterocycles. The molecule has 37 heavy (non-hydrogen) atoms. The third-order valence-electron chi connectivity index (χ3n) is 5.30. The van der Waals surface area contributed by atoms with E-state index in [1.807, 2.05) is 26.0 Å². The van der Waals surface area contributed by atoms with Gasteiger partial charge in [-0.1, -0.05) is 15.9 Å². The number of methoxy groups -OCH3 is 1. The van der Waals surface area contributed by atoms with E-state index in [0.717, 1.165) is 21.3 Å². The van der Waals surface area contributed by atoms with Gasteiger partial charge in [0.1, 0.15) is 17.2 Å². The van der Waals surface area contributed by atoms with E-state index in [1.54, 1.807) is 55.6 Å². The molecule has 9 heteroatoms. The van der Waals surface area contributed by atoms with Crippen LogP contribution in [0.25, 0.3) is 0 Å². The van der Waals surface area contributed by atoms with Gasteiger partial charge in [-0.05, 0) is 92.1 Å². The summed E-state index contributed by atoms with van der Waals surface area (Å²) in [4.78, 5) is 36.2. The fourth-order valence-electron chi connectivity index (χ4n) is 3.44. The van der Waals surface area contributed by atoms with Crippen LogP contribution in [0.4, 0.5) is 11.4 Å². The lowest BCUT2D eigenvalue weighted by Crippen LogP contribution is -2.21. The summed E-state index contributed by atoms with van der Waals surface area (Å²) in [5.74, 6) is 0.847. The molecule has 0 radical (unpaired) electrons. The maximum absolute atomic E-state index is 12.2. The zero-order chi connectivity index (χ0) is 26.8. The minimum atomic E-state index is -0.536. The summed E-state index contributed by atoms with van der Waals surface area (Å²) >= 11 is 3.48. The molecule has 0 saturated carbocycles. The Morgan fingerprint density at radius 2 is 1.30 bits per heavy atom. The minimum absolute atomic E-state index is 0.0336. The van der Waals surface area contributed by atoms with Gasteiger partial charge in [0.15, 0.2) is 6.61 Å². The van der Waals surface area contributed by atoms with Crippen molar-refractivity contribution >= 4 is 45.1 Å². The van der Waals surface area contributed by atoms with Gasteiger partial charge in [-0.3, -0.25) is 14.4 Å². The number of esters is 1. The Morgan fingerprint density at radius 3 is 1.89 bits per heavy atom. The Kier molecular flexibility index (Phi) is 10.1. The first kappa shape index (κ1) is 27.7. The van der Waals surface area contributed by atoms with E-state index >= 15 is 0 Å². The topological polar surface area (TPSA) is 103 Å². The van der Waals surface area contributed by atoms with Gasteiger partial charge < -0.3 is 24.8 Å². The Morgan fingerprint density at radius 1 is 0.757 bits per heavy atom. The summed E-state index contributed by atoms with van der Waals surface area (Å²) in [7, 11) is 1.60. The summed E-state index contributed by atoms with van der Waals surface area (Å²) in [6.07, 6.45) is 0.477. The van der Waals surface area contributed by atoms with E-state index in [2.05, 4.69) is 26.6 Å². The molecule has 2 N–H and O–H groups in total. The zero-order valence-electron chi connectivity index (χ0n) is 20.9. The molecular formula is C28H29BrN2O6. The second kappa shape index (κ2) is 13.5. The average Bonchev–Trinajstić information content (AvgIpc) is 2.87. The molecule has 0 aromatic heterocycles. The molecule has 0 atom stereocenters. The van der Waals surface area contributed by atoms with Crippen LogP contribution >= 0.6 is 15.9 Å². The van der Waals surface area contributed by atoms with E-state index < -0.39 is 11.9 Å². The van der Waals surface area contributed by atoms with Crippen molar-refractivity contribution in [1.82, 2.24) is 0 Å². The van der Waals surface area contributed by atoms with Crippen molar-refractivity contribution < 1.29 is 28.6 Å². The van der Waals surface area contributed by atoms with Crippen molar-refractivity contribution in [2.45, 2.75) is 33.1 Å². The van der Waals surface area contributed by atoms with Crippen LogP contribution in [0.3, 0.4) is 0 Å². The largest absolute Gasteiger partial charge is 0.497 e. The monoisotopic (exact) mass is 568 g/mol. The van der Waals surface area contributed by atoms with Crippen LogP contribution in [0.1, 0.15) is 30.4 Å². The van der Waals surface area contributed by atoms with Crippen LogP contribution in [0.2, 0.25) is 0 Å². The minimum Gasteiger partial charge on any atom is -0.497 e. The predicted molar refractivity (Wildman–Crippen MR) is 145 cm³/mol. The third kappa shape index (κ3) is 8.95. The Hall–Kier alpha value is -3.85. The van der Waals surface area contributed by atoms with Crippen molar-refractivity contribution in [1.29, 1.82) is 0 Å². The molecule has 0 aliphatic rings. The Labute approximate surface area is 224 Å². The standard InChI is InChI=1S/C28H29BrN2O6/c1-18-15-21(16-19(2)28(18)29)31-26(33)17-36-27(34)6-4-5-25(32)30-20-7-9-23(10-8-20)37-24-13-11-22(35-3)12-14-24/h7-16H,4-6,17H2,1-3H3,(H,30,32)(H,31,33). The van der Waals surface area contributed by atoms with Crippen LogP contribution in [-0.2, 0) is 19.1 Å². The number of ether oxygens (including phenoxy) is 3. The van der Waals surface area contributed by atoms with Crippen LogP contribution in [-0.4, -0.2) is 31.5 Å². The summed E-state index contributed by atoms with van der Waals surface area (Å²) in [6, 6.07) is 17.8. The molecule has 0 bridgehead atoms. The highest BCUT2D eigenvalue weighted by Gasteiger charge is 2.11. The van der Waals surface area contributed by atoms with Gasteiger partial charge in [0.2, 0.25) is 5.91 Å². The molecule has 0 fully saturated rings. The van der Waals surface area contributed by atoms with Crippen molar-refractivity contribution in [3.63, 3.8) is 0 Å². The fraction of sp³-hybridized carbons (Fsp3) is 0.250. The van der Waals surface area contributed by atoms with Crippen molar-refractivity contribution in [3.05, 3.63) is 76.3 Å². The molecule has 0 aliphatic carbocycles. The number of hydrogen-bond acceptors (Lipinski definition) is 6. The lowest BCUT2D eigenvalue weighted by Gasteiger charge is -2.10. The number of anilines is 2. The van der Waals surface area contributed by atoms with Crippen LogP contribution in [0.5, 0.6) is 17.2 Å². The number of nitrogens with one attached hydrogen (secondary N) is 2. The van der Waals surface area contributed by atoms with Crippen molar-refractivity contribution in [2.75, 3.05) is 24.4 Å². The number of halogens is 1. The summed E-state index contributed by atoms with van der Waals surface area (Å²) in [6.45, 7) is 3.47. The maximum Gasteiger partial charge on any atom is 0.306 e.